The predicted octanol–water partition coefficient (Wildman–Crippen LogP) is 1.54. The molecule has 1 aromatic carbocycles. The first-order chi connectivity index (χ1) is 11.8. The second-order valence-electron chi connectivity index (χ2n) is 6.24. The van der Waals surface area contributed by atoms with Crippen LogP contribution in [0.3, 0.4) is 0 Å². The zero-order chi connectivity index (χ0) is 18.6. The zero-order valence-electron chi connectivity index (χ0n) is 14.7. The Morgan fingerprint density at radius 1 is 1.24 bits per heavy atom. The summed E-state index contributed by atoms with van der Waals surface area (Å²) in [6.07, 6.45) is 2.96. The lowest BCUT2D eigenvalue weighted by atomic mass is 9.97. The summed E-state index contributed by atoms with van der Waals surface area (Å²) in [6.45, 7) is 3.62. The van der Waals surface area contributed by atoms with E-state index in [2.05, 4.69) is 4.72 Å². The average Bonchev–Trinajstić information content (AvgIpc) is 2.59. The highest BCUT2D eigenvalue weighted by atomic mass is 32.2. The Balaban J connectivity index is 2.03. The molecule has 0 aliphatic carbocycles. The van der Waals surface area contributed by atoms with Crippen LogP contribution in [-0.4, -0.2) is 50.9 Å². The van der Waals surface area contributed by atoms with Gasteiger partial charge >= 0.3 is 5.97 Å². The first-order valence-electron chi connectivity index (χ1n) is 8.28. The number of likely N-dealkylation sites (tertiary alicyclic amines) is 1. The normalized spacial score (nSPS) is 21.0. The number of rotatable bonds is 5. The van der Waals surface area contributed by atoms with Gasteiger partial charge in [0.05, 0.1) is 10.5 Å². The molecule has 1 aromatic rings. The number of hydrogen-bond acceptors (Lipinski definition) is 5. The summed E-state index contributed by atoms with van der Waals surface area (Å²) in [7, 11) is -2.36. The number of nitrogens with zero attached hydrogens (tertiary/aromatic N) is 1. The molecule has 1 amide bonds. The highest BCUT2D eigenvalue weighted by Gasteiger charge is 2.29. The predicted molar refractivity (Wildman–Crippen MR) is 92.6 cm³/mol. The van der Waals surface area contributed by atoms with Crippen molar-refractivity contribution in [3.05, 3.63) is 29.8 Å². The molecule has 25 heavy (non-hydrogen) atoms. The Bertz CT molecular complexity index is 737. The van der Waals surface area contributed by atoms with Crippen LogP contribution in [0.1, 0.15) is 43.5 Å². The van der Waals surface area contributed by atoms with Crippen molar-refractivity contribution in [2.24, 2.45) is 0 Å². The maximum Gasteiger partial charge on any atom is 0.338 e. The Morgan fingerprint density at radius 3 is 2.48 bits per heavy atom. The van der Waals surface area contributed by atoms with Crippen LogP contribution in [-0.2, 0) is 19.6 Å². The lowest BCUT2D eigenvalue weighted by Gasteiger charge is -2.38. The Morgan fingerprint density at radius 2 is 1.88 bits per heavy atom. The van der Waals surface area contributed by atoms with Crippen molar-refractivity contribution in [1.82, 2.24) is 9.62 Å². The number of carbonyl (C=O) groups excluding carboxylic acids is 2. The SMILES string of the molecule is CNS(=O)(=O)c1cccc(C(=O)OCC(=O)N2[C@H](C)CCC[C@@H]2C)c1. The van der Waals surface area contributed by atoms with E-state index in [9.17, 15) is 18.0 Å². The van der Waals surface area contributed by atoms with E-state index in [1.165, 1.54) is 31.3 Å². The minimum atomic E-state index is -3.65. The number of piperidine rings is 1. The van der Waals surface area contributed by atoms with Crippen molar-refractivity contribution in [3.8, 4) is 0 Å². The molecule has 138 valence electrons. The molecule has 1 aliphatic rings. The minimum Gasteiger partial charge on any atom is -0.452 e. The molecule has 1 saturated heterocycles. The number of amides is 1. The maximum absolute atomic E-state index is 12.4. The second-order valence-corrected chi connectivity index (χ2v) is 8.13. The molecule has 1 aliphatic heterocycles. The minimum absolute atomic E-state index is 0.0333. The Hall–Kier alpha value is -1.93. The van der Waals surface area contributed by atoms with E-state index < -0.39 is 16.0 Å². The molecule has 8 heteroatoms. The van der Waals surface area contributed by atoms with E-state index in [-0.39, 0.29) is 35.1 Å². The van der Waals surface area contributed by atoms with Gasteiger partial charge in [-0.3, -0.25) is 4.79 Å². The summed E-state index contributed by atoms with van der Waals surface area (Å²) in [4.78, 5) is 26.3. The fourth-order valence-electron chi connectivity index (χ4n) is 3.11. The van der Waals surface area contributed by atoms with Crippen LogP contribution in [0.15, 0.2) is 29.2 Å². The lowest BCUT2D eigenvalue weighted by Crippen LogP contribution is -2.49. The Kier molecular flexibility index (Phi) is 6.18. The van der Waals surface area contributed by atoms with E-state index in [4.69, 9.17) is 4.74 Å². The molecule has 0 bridgehead atoms. The van der Waals surface area contributed by atoms with Gasteiger partial charge in [0.25, 0.3) is 5.91 Å². The molecule has 2 atom stereocenters. The van der Waals surface area contributed by atoms with Crippen LogP contribution in [0.2, 0.25) is 0 Å². The number of sulfonamides is 1. The summed E-state index contributed by atoms with van der Waals surface area (Å²) < 4.78 is 30.9. The molecule has 7 nitrogen and oxygen atoms in total. The third kappa shape index (κ3) is 4.58. The number of ether oxygens (including phenoxy) is 1. The quantitative estimate of drug-likeness (QED) is 0.796. The smallest absolute Gasteiger partial charge is 0.338 e. The fourth-order valence-corrected chi connectivity index (χ4v) is 3.88. The van der Waals surface area contributed by atoms with Crippen molar-refractivity contribution >= 4 is 21.9 Å². The van der Waals surface area contributed by atoms with Crippen LogP contribution in [0.25, 0.3) is 0 Å². The van der Waals surface area contributed by atoms with Crippen molar-refractivity contribution in [3.63, 3.8) is 0 Å². The number of nitrogens with one attached hydrogen (secondary N) is 1. The molecule has 1 N–H and O–H groups in total. The van der Waals surface area contributed by atoms with Crippen molar-refractivity contribution in [2.45, 2.75) is 50.1 Å². The van der Waals surface area contributed by atoms with Crippen molar-refractivity contribution in [2.75, 3.05) is 13.7 Å². The van der Waals surface area contributed by atoms with Crippen LogP contribution in [0.5, 0.6) is 0 Å². The third-order valence-corrected chi connectivity index (χ3v) is 5.87. The van der Waals surface area contributed by atoms with Gasteiger partial charge in [-0.1, -0.05) is 6.07 Å². The molecule has 0 radical (unpaired) electrons. The largest absolute Gasteiger partial charge is 0.452 e. The molecule has 0 saturated carbocycles. The molecule has 2 rings (SSSR count). The van der Waals surface area contributed by atoms with Crippen LogP contribution in [0.4, 0.5) is 0 Å². The van der Waals surface area contributed by atoms with Gasteiger partial charge in [0.1, 0.15) is 0 Å². The molecular formula is C17H24N2O5S. The molecule has 0 aromatic heterocycles. The van der Waals surface area contributed by atoms with E-state index >= 15 is 0 Å². The molecule has 1 fully saturated rings. The summed E-state index contributed by atoms with van der Waals surface area (Å²) >= 11 is 0. The number of hydrogen-bond donors (Lipinski definition) is 1. The highest BCUT2D eigenvalue weighted by molar-refractivity contribution is 7.89. The standard InChI is InChI=1S/C17H24N2O5S/c1-12-6-4-7-13(2)19(12)16(20)11-24-17(21)14-8-5-9-15(10-14)25(22,23)18-3/h5,8-10,12-13,18H,4,6-7,11H2,1-3H3/t12-,13+. The number of esters is 1. The monoisotopic (exact) mass is 368 g/mol. The van der Waals surface area contributed by atoms with Crippen molar-refractivity contribution in [1.29, 1.82) is 0 Å². The van der Waals surface area contributed by atoms with Gasteiger partial charge in [-0.15, -0.1) is 0 Å². The van der Waals surface area contributed by atoms with Crippen molar-refractivity contribution < 1.29 is 22.7 Å². The summed E-state index contributed by atoms with van der Waals surface area (Å²) in [5.74, 6) is -0.953. The fraction of sp³-hybridized carbons (Fsp3) is 0.529. The van der Waals surface area contributed by atoms with Gasteiger partial charge < -0.3 is 9.64 Å². The first-order valence-corrected chi connectivity index (χ1v) is 9.76. The first kappa shape index (κ1) is 19.4. The third-order valence-electron chi connectivity index (χ3n) is 4.46. The molecule has 1 heterocycles. The molecule has 0 spiro atoms. The van der Waals surface area contributed by atoms with Gasteiger partial charge in [0.15, 0.2) is 6.61 Å². The lowest BCUT2D eigenvalue weighted by molar-refractivity contribution is -0.140. The summed E-state index contributed by atoms with van der Waals surface area (Å²) in [6, 6.07) is 5.76. The van der Waals surface area contributed by atoms with Gasteiger partial charge in [-0.2, -0.15) is 0 Å². The van der Waals surface area contributed by atoms with Gasteiger partial charge in [0, 0.05) is 12.1 Å². The topological polar surface area (TPSA) is 92.8 Å². The number of benzene rings is 1. The van der Waals surface area contributed by atoms with E-state index in [0.717, 1.165) is 19.3 Å². The maximum atomic E-state index is 12.4. The summed E-state index contributed by atoms with van der Waals surface area (Å²) in [5.41, 5.74) is 0.0869. The van der Waals surface area contributed by atoms with E-state index in [1.54, 1.807) is 4.90 Å². The van der Waals surface area contributed by atoms with Crippen LogP contribution >= 0.6 is 0 Å². The second kappa shape index (κ2) is 7.97. The van der Waals surface area contributed by atoms with Crippen LogP contribution < -0.4 is 4.72 Å². The Labute approximate surface area is 148 Å². The molecule has 0 unspecified atom stereocenters. The van der Waals surface area contributed by atoms with Gasteiger partial charge in [0.2, 0.25) is 10.0 Å². The summed E-state index contributed by atoms with van der Waals surface area (Å²) in [5, 5.41) is 0. The van der Waals surface area contributed by atoms with Crippen LogP contribution in [0, 0.1) is 0 Å². The van der Waals surface area contributed by atoms with Gasteiger partial charge in [-0.05, 0) is 58.4 Å². The highest BCUT2D eigenvalue weighted by Crippen LogP contribution is 2.22. The van der Waals surface area contributed by atoms with E-state index in [0.29, 0.717) is 0 Å². The average molecular weight is 368 g/mol. The van der Waals surface area contributed by atoms with E-state index in [1.807, 2.05) is 13.8 Å². The van der Waals surface area contributed by atoms with Gasteiger partial charge in [-0.25, -0.2) is 17.9 Å². The zero-order valence-corrected chi connectivity index (χ0v) is 15.5. The molecular weight excluding hydrogens is 344 g/mol. The number of carbonyl (C=O) groups is 2.